The molecule has 4 aliphatic heterocycles. The third-order valence-electron chi connectivity index (χ3n) is 23.6. The summed E-state index contributed by atoms with van der Waals surface area (Å²) in [6.07, 6.45) is 5.01. The van der Waals surface area contributed by atoms with Crippen LogP contribution < -0.4 is 4.90 Å². The molecule has 20 rings (SSSR count). The van der Waals surface area contributed by atoms with E-state index in [4.69, 9.17) is 33.6 Å². The molecule has 12 heterocycles. The first-order valence-electron chi connectivity index (χ1n) is 43.8. The summed E-state index contributed by atoms with van der Waals surface area (Å²) < 4.78 is 23.8. The number of rotatable bonds is 19. The number of aryl methyl sites for hydroxylation is 4. The van der Waals surface area contributed by atoms with Crippen molar-refractivity contribution in [3.05, 3.63) is 316 Å². The third-order valence-corrected chi connectivity index (χ3v) is 24.6. The summed E-state index contributed by atoms with van der Waals surface area (Å²) in [6.45, 7) is 14.2. The second-order valence-electron chi connectivity index (χ2n) is 32.6. The lowest BCUT2D eigenvalue weighted by atomic mass is 9.97. The molecule has 0 atom stereocenters. The number of fused-ring (bicyclic) bond motifs is 1. The minimum Gasteiger partial charge on any atom is -0.446 e. The summed E-state index contributed by atoms with van der Waals surface area (Å²) >= 11 is 1.66. The van der Waals surface area contributed by atoms with Crippen molar-refractivity contribution in [2.45, 2.75) is 104 Å². The van der Waals surface area contributed by atoms with Gasteiger partial charge in [-0.2, -0.15) is 41.4 Å². The van der Waals surface area contributed by atoms with E-state index in [1.807, 2.05) is 257 Å². The molecule has 16 aromatic rings. The fourth-order valence-corrected chi connectivity index (χ4v) is 17.6. The number of aromatic nitrogens is 14. The zero-order valence-corrected chi connectivity index (χ0v) is 74.4. The molecule has 8 aromatic carbocycles. The Morgan fingerprint density at radius 2 is 0.699 bits per heavy atom. The van der Waals surface area contributed by atoms with E-state index < -0.39 is 0 Å². The average Bonchev–Trinajstić information content (AvgIpc) is 2.28. The molecular formula is C102H91N23O7S. The number of carbonyl (C=O) groups excluding carboxylic acids is 4. The first-order valence-corrected chi connectivity index (χ1v) is 44.6. The van der Waals surface area contributed by atoms with Gasteiger partial charge in [-0.05, 0) is 135 Å². The number of thiazole rings is 1. The quantitative estimate of drug-likeness (QED) is 0.0725. The Bertz CT molecular complexity index is 6490. The minimum absolute atomic E-state index is 0.000957. The molecule has 3 saturated heterocycles. The van der Waals surface area contributed by atoms with Gasteiger partial charge in [0.05, 0.1) is 122 Å². The van der Waals surface area contributed by atoms with Crippen LogP contribution in [0, 0.1) is 73.0 Å². The lowest BCUT2D eigenvalue weighted by Crippen LogP contribution is -2.49. The number of amides is 4. The van der Waals surface area contributed by atoms with Crippen LogP contribution in [0.25, 0.3) is 90.1 Å². The van der Waals surface area contributed by atoms with Crippen LogP contribution in [0.1, 0.15) is 105 Å². The molecule has 0 aliphatic carbocycles. The Morgan fingerprint density at radius 1 is 0.361 bits per heavy atom. The predicted octanol–water partition coefficient (Wildman–Crippen LogP) is 16.5. The molecule has 0 radical (unpaired) electrons. The van der Waals surface area contributed by atoms with Crippen molar-refractivity contribution in [1.82, 2.24) is 89.1 Å². The molecule has 662 valence electrons. The highest BCUT2D eigenvalue weighted by Gasteiger charge is 2.33. The molecule has 0 bridgehead atoms. The number of benzene rings is 8. The Balaban J connectivity index is 0.000000124. The van der Waals surface area contributed by atoms with E-state index in [0.29, 0.717) is 111 Å². The van der Waals surface area contributed by atoms with Crippen LogP contribution in [-0.4, -0.2) is 165 Å². The Morgan fingerprint density at radius 3 is 1.02 bits per heavy atom. The summed E-state index contributed by atoms with van der Waals surface area (Å²) in [5.41, 5.74) is 17.0. The molecule has 3 fully saturated rings. The zero-order valence-electron chi connectivity index (χ0n) is 73.6. The largest absolute Gasteiger partial charge is 0.446 e. The van der Waals surface area contributed by atoms with Crippen molar-refractivity contribution in [2.24, 2.45) is 0 Å². The van der Waals surface area contributed by atoms with Crippen LogP contribution in [0.2, 0.25) is 0 Å². The predicted molar refractivity (Wildman–Crippen MR) is 498 cm³/mol. The maximum absolute atomic E-state index is 13.2. The van der Waals surface area contributed by atoms with E-state index in [-0.39, 0.29) is 61.6 Å². The molecule has 4 aliphatic rings. The van der Waals surface area contributed by atoms with E-state index in [9.17, 15) is 40.2 Å². The van der Waals surface area contributed by atoms with Crippen molar-refractivity contribution >= 4 is 41.0 Å². The molecule has 133 heavy (non-hydrogen) atoms. The lowest BCUT2D eigenvalue weighted by molar-refractivity contribution is -0.133. The number of piperazine rings is 1. The van der Waals surface area contributed by atoms with Gasteiger partial charge in [0.15, 0.2) is 5.89 Å². The van der Waals surface area contributed by atoms with Gasteiger partial charge in [0, 0.05) is 105 Å². The molecule has 31 heteroatoms. The number of nitriles is 4. The summed E-state index contributed by atoms with van der Waals surface area (Å²) in [6, 6.07) is 86.1. The number of nitrogens with zero attached hydrogens (tertiary/aromatic N) is 23. The fourth-order valence-electron chi connectivity index (χ4n) is 16.7. The molecule has 30 nitrogen and oxygen atoms in total. The number of hydrogen-bond donors (Lipinski definition) is 0. The number of hydrogen-bond acceptors (Lipinski definition) is 23. The Kier molecular flexibility index (Phi) is 27.1. The van der Waals surface area contributed by atoms with Gasteiger partial charge in [0.1, 0.15) is 31.9 Å². The van der Waals surface area contributed by atoms with Gasteiger partial charge < -0.3 is 37.8 Å². The monoisotopic (exact) mass is 1780 g/mol. The molecule has 0 spiro atoms. The smallest absolute Gasteiger partial charge is 0.318 e. The summed E-state index contributed by atoms with van der Waals surface area (Å²) in [5.74, 6) is 3.86. The van der Waals surface area contributed by atoms with Gasteiger partial charge in [-0.3, -0.25) is 37.9 Å². The SMILES string of the molecule is Cc1cnc(C2CCN(C(=O)Cn3nc(-c4cccc(C#N)c4)cc3-c3ccccc3)CC2)o1.Cc1nc2c(s1)CN(C(=O)Cn1nc(-c3cccc(C#N)c3)cc1-c1ccccc1)C2.Cc1nnc(C2CCN(C(=O)Cn3nc(-c4cccc(C#N)c4)cc3-c3ccccc3)CC2)o1.Cc1nnc(N2CCN(C(=O)Cn3nc(-c4cccc(C#N)c4)cc3-c3ccccc3)CC2)o1. The van der Waals surface area contributed by atoms with E-state index >= 15 is 0 Å². The van der Waals surface area contributed by atoms with Crippen LogP contribution in [0.15, 0.2) is 262 Å². The van der Waals surface area contributed by atoms with E-state index in [2.05, 4.69) is 54.6 Å². The molecular weight excluding hydrogens is 1690 g/mol. The second-order valence-corrected chi connectivity index (χ2v) is 33.9. The molecule has 4 amide bonds. The van der Waals surface area contributed by atoms with Crippen molar-refractivity contribution in [3.63, 3.8) is 0 Å². The van der Waals surface area contributed by atoms with Crippen molar-refractivity contribution in [1.29, 1.82) is 21.0 Å². The average molecular weight is 1780 g/mol. The van der Waals surface area contributed by atoms with Gasteiger partial charge in [-0.15, -0.1) is 26.6 Å². The third kappa shape index (κ3) is 21.2. The number of carbonyl (C=O) groups is 4. The van der Waals surface area contributed by atoms with Crippen molar-refractivity contribution in [2.75, 3.05) is 57.3 Å². The first-order chi connectivity index (χ1) is 64.9. The highest BCUT2D eigenvalue weighted by molar-refractivity contribution is 7.11. The highest BCUT2D eigenvalue weighted by Crippen LogP contribution is 2.36. The Labute approximate surface area is 771 Å². The van der Waals surface area contributed by atoms with Crippen LogP contribution in [-0.2, 0) is 58.4 Å². The van der Waals surface area contributed by atoms with Gasteiger partial charge in [-0.25, -0.2) is 9.97 Å². The van der Waals surface area contributed by atoms with E-state index in [0.717, 1.165) is 138 Å². The molecule has 8 aromatic heterocycles. The van der Waals surface area contributed by atoms with Crippen LogP contribution in [0.3, 0.4) is 0 Å². The van der Waals surface area contributed by atoms with E-state index in [1.54, 1.807) is 74.4 Å². The van der Waals surface area contributed by atoms with Gasteiger partial charge >= 0.3 is 6.01 Å². The Hall–Kier alpha value is -16.6. The van der Waals surface area contributed by atoms with Crippen molar-refractivity contribution < 1.29 is 32.4 Å². The normalized spacial score (nSPS) is 13.7. The van der Waals surface area contributed by atoms with Crippen molar-refractivity contribution in [3.8, 4) is 114 Å². The highest BCUT2D eigenvalue weighted by atomic mass is 32.1. The zero-order chi connectivity index (χ0) is 91.9. The number of piperidine rings is 2. The summed E-state index contributed by atoms with van der Waals surface area (Å²) in [7, 11) is 0. The molecule has 0 unspecified atom stereocenters. The lowest BCUT2D eigenvalue weighted by Gasteiger charge is -2.33. The number of anilines is 1. The maximum Gasteiger partial charge on any atom is 0.318 e. The first kappa shape index (κ1) is 88.4. The van der Waals surface area contributed by atoms with Gasteiger partial charge in [0.2, 0.25) is 41.3 Å². The van der Waals surface area contributed by atoms with Gasteiger partial charge in [0.25, 0.3) is 0 Å². The maximum atomic E-state index is 13.2. The minimum atomic E-state index is -0.000957. The molecule has 0 saturated carbocycles. The fraction of sp³-hybridized carbons (Fsp3) is 0.235. The number of oxazole rings is 1. The summed E-state index contributed by atoms with van der Waals surface area (Å²) in [4.78, 5) is 72.2. The summed E-state index contributed by atoms with van der Waals surface area (Å²) in [5, 5.41) is 73.1. The van der Waals surface area contributed by atoms with Gasteiger partial charge in [-0.1, -0.05) is 175 Å². The molecule has 0 N–H and O–H groups in total. The van der Waals surface area contributed by atoms with E-state index in [1.165, 1.54) is 4.88 Å². The topological polar surface area (TPSA) is 368 Å². The second kappa shape index (κ2) is 40.8. The standard InChI is InChI=1S/C27H25N5O2.C26H24N6O2.C25H23N7O2.C24H19N5OS/c1-19-17-29-27(34-19)22-10-12-31(13-11-22)26(33)18-32-25(21-7-3-2-4-8-21)15-24(30-32)23-9-5-6-20(14-23)16-28;1-18-28-29-26(34-18)21-10-12-31(13-11-21)25(33)17-32-24(20-7-3-2-4-8-20)15-23(30-32)22-9-5-6-19(14-22)16-27;1-18-27-28-25(34-18)31-12-10-30(11-13-31)24(33)17-32-23(20-7-3-2-4-8-20)15-22(29-32)21-9-5-6-19(14-21)16-26;1-16-26-21-13-28(14-23(21)31-16)24(30)15-29-22(18-7-3-2-4-8-18)11-20(27-29)19-9-5-6-17(10-19)12-25/h2-9,14-15,17,22H,10-13,18H2,1H3;2-9,14-15,21H,10-13,17H2,1H3;2-9,14-15H,10-13,17H2,1H3;2-11H,13-15H2,1H3. The van der Waals surface area contributed by atoms with Crippen LogP contribution >= 0.6 is 11.3 Å². The van der Waals surface area contributed by atoms with Crippen LogP contribution in [0.5, 0.6) is 0 Å². The van der Waals surface area contributed by atoms with Crippen LogP contribution in [0.4, 0.5) is 6.01 Å². The number of likely N-dealkylation sites (tertiary alicyclic amines) is 2.